The number of amides is 3. The molecule has 0 aliphatic rings. The third-order valence-corrected chi connectivity index (χ3v) is 15.9. The molecular formula is C61H60N6O12S3. The zero-order valence-corrected chi connectivity index (χ0v) is 47.8. The molecule has 0 spiro atoms. The number of aliphatic hydroxyl groups excluding tert-OH is 1. The van der Waals surface area contributed by atoms with Gasteiger partial charge in [-0.2, -0.15) is 0 Å². The third kappa shape index (κ3) is 17.4. The maximum Gasteiger partial charge on any atom is 0.261 e. The number of rotatable bonds is 17. The van der Waals surface area contributed by atoms with E-state index >= 15 is 0 Å². The first kappa shape index (κ1) is 61.9. The monoisotopic (exact) mass is 1160 g/mol. The van der Waals surface area contributed by atoms with Crippen LogP contribution in [0.5, 0.6) is 0 Å². The highest BCUT2D eigenvalue weighted by molar-refractivity contribution is 7.93. The summed E-state index contributed by atoms with van der Waals surface area (Å²) >= 11 is 0. The molecule has 18 nitrogen and oxygen atoms in total. The van der Waals surface area contributed by atoms with E-state index in [1.807, 2.05) is 12.1 Å². The Balaban J connectivity index is 0.000000198. The van der Waals surface area contributed by atoms with Gasteiger partial charge in [0.15, 0.2) is 11.6 Å². The van der Waals surface area contributed by atoms with Crippen LogP contribution in [0, 0.1) is 5.41 Å². The molecule has 0 aliphatic carbocycles. The molecule has 0 saturated carbocycles. The smallest absolute Gasteiger partial charge is 0.261 e. The maximum atomic E-state index is 12.7. The average Bonchev–Trinajstić information content (AvgIpc) is 3.53. The Morgan fingerprint density at radius 2 is 0.683 bits per heavy atom. The van der Waals surface area contributed by atoms with Crippen LogP contribution in [-0.4, -0.2) is 59.6 Å². The standard InChI is InChI=1S/C21H20N2O4S.C21H18N2O4S.C19H22N2O4S/c2*1-15(24)19-9-5-6-10-20(19)23-28(26,27)18-13-11-17(12-14-18)22-21(25)16-7-3-2-4-8-16;1-13(22)16-7-5-6-8-17(16)21-26(24,25)15-11-9-14(10-12-15)20-18(23)19(2,3)4/h2-15,23-24H,1H3,(H,22,25);2-14,23H,1H3,(H,22,25);5-12,21H,1-4H3,(H,20,23). The number of nitrogens with one attached hydrogen (secondary N) is 6. The SMILES string of the molecule is CC(=O)c1ccccc1NS(=O)(=O)c1ccc(NC(=O)C(C)(C)C)cc1.CC(=O)c1ccccc1NS(=O)(=O)c1ccc(NC(=O)c2ccccc2)cc1.CC(O)c1ccccc1NS(=O)(=O)c1ccc(NC(=O)c2ccccc2)cc1. The molecule has 0 aromatic heterocycles. The number of carbonyl (C=O) groups excluding carboxylic acids is 5. The minimum Gasteiger partial charge on any atom is -0.389 e. The summed E-state index contributed by atoms with van der Waals surface area (Å²) in [7, 11) is -11.6. The van der Waals surface area contributed by atoms with Gasteiger partial charge >= 0.3 is 0 Å². The number of Topliss-reactive ketones (excluding diaryl/α,β-unsaturated/α-hetero) is 2. The summed E-state index contributed by atoms with van der Waals surface area (Å²) in [4.78, 5) is 59.7. The third-order valence-electron chi connectivity index (χ3n) is 11.8. The zero-order chi connectivity index (χ0) is 59.8. The summed E-state index contributed by atoms with van der Waals surface area (Å²) < 4.78 is 83.0. The van der Waals surface area contributed by atoms with Crippen LogP contribution in [0.25, 0.3) is 0 Å². The lowest BCUT2D eigenvalue weighted by atomic mass is 9.95. The fraction of sp³-hybridized carbons (Fsp3) is 0.131. The summed E-state index contributed by atoms with van der Waals surface area (Å²) in [6.07, 6.45) is -0.811. The Hall–Kier alpha value is -9.28. The van der Waals surface area contributed by atoms with Crippen molar-refractivity contribution >= 4 is 93.5 Å². The molecule has 3 amide bonds. The average molecular weight is 1170 g/mol. The molecule has 21 heteroatoms. The van der Waals surface area contributed by atoms with Gasteiger partial charge in [-0.1, -0.05) is 99.6 Å². The van der Waals surface area contributed by atoms with Gasteiger partial charge in [0.1, 0.15) is 0 Å². The van der Waals surface area contributed by atoms with Crippen molar-refractivity contribution in [2.45, 2.75) is 62.3 Å². The molecule has 7 N–H and O–H groups in total. The number of anilines is 6. The van der Waals surface area contributed by atoms with Crippen molar-refractivity contribution in [3.63, 3.8) is 0 Å². The number of ketones is 2. The van der Waals surface area contributed by atoms with Gasteiger partial charge in [-0.25, -0.2) is 25.3 Å². The van der Waals surface area contributed by atoms with Gasteiger partial charge in [0, 0.05) is 50.3 Å². The fourth-order valence-electron chi connectivity index (χ4n) is 7.38. The molecule has 0 fully saturated rings. The number of hydrogen-bond donors (Lipinski definition) is 7. The highest BCUT2D eigenvalue weighted by Crippen LogP contribution is 2.28. The molecule has 424 valence electrons. The summed E-state index contributed by atoms with van der Waals surface area (Å²) in [5.74, 6) is -1.20. The molecule has 0 aliphatic heterocycles. The summed E-state index contributed by atoms with van der Waals surface area (Å²) in [5, 5.41) is 18.0. The van der Waals surface area contributed by atoms with Gasteiger partial charge in [-0.05, 0) is 148 Å². The van der Waals surface area contributed by atoms with Crippen LogP contribution in [0.4, 0.5) is 34.1 Å². The topological polar surface area (TPSA) is 280 Å². The second kappa shape index (κ2) is 27.3. The van der Waals surface area contributed by atoms with Gasteiger partial charge in [0.2, 0.25) is 5.91 Å². The largest absolute Gasteiger partial charge is 0.389 e. The van der Waals surface area contributed by atoms with E-state index in [4.69, 9.17) is 0 Å². The molecular weight excluding hydrogens is 1100 g/mol. The van der Waals surface area contributed by atoms with E-state index in [9.17, 15) is 54.3 Å². The van der Waals surface area contributed by atoms with Crippen LogP contribution in [0.1, 0.15) is 94.6 Å². The Morgan fingerprint density at radius 3 is 1.01 bits per heavy atom. The summed E-state index contributed by atoms with van der Waals surface area (Å²) in [6, 6.07) is 54.4. The lowest BCUT2D eigenvalue weighted by Crippen LogP contribution is -2.27. The van der Waals surface area contributed by atoms with Crippen molar-refractivity contribution in [2.24, 2.45) is 5.41 Å². The van der Waals surface area contributed by atoms with E-state index in [1.165, 1.54) is 98.8 Å². The number of carbonyl (C=O) groups is 5. The molecule has 1 atom stereocenters. The molecule has 0 heterocycles. The van der Waals surface area contributed by atoms with Crippen molar-refractivity contribution in [1.29, 1.82) is 0 Å². The second-order valence-electron chi connectivity index (χ2n) is 19.2. The summed E-state index contributed by atoms with van der Waals surface area (Å²) in [5.41, 5.74) is 3.75. The van der Waals surface area contributed by atoms with Crippen LogP contribution >= 0.6 is 0 Å². The Labute approximate surface area is 477 Å². The number of aliphatic hydroxyl groups is 1. The predicted octanol–water partition coefficient (Wildman–Crippen LogP) is 11.4. The molecule has 1 unspecified atom stereocenters. The lowest BCUT2D eigenvalue weighted by molar-refractivity contribution is -0.123. The zero-order valence-electron chi connectivity index (χ0n) is 45.4. The number of hydrogen-bond acceptors (Lipinski definition) is 12. The summed E-state index contributed by atoms with van der Waals surface area (Å²) in [6.45, 7) is 9.68. The van der Waals surface area contributed by atoms with Crippen LogP contribution in [0.2, 0.25) is 0 Å². The van der Waals surface area contributed by atoms with E-state index in [-0.39, 0.29) is 60.9 Å². The van der Waals surface area contributed by atoms with E-state index in [1.54, 1.807) is 137 Å². The van der Waals surface area contributed by atoms with Gasteiger partial charge in [0.05, 0.1) is 37.9 Å². The molecule has 82 heavy (non-hydrogen) atoms. The van der Waals surface area contributed by atoms with Crippen LogP contribution < -0.4 is 30.1 Å². The molecule has 8 aromatic carbocycles. The molecule has 0 radical (unpaired) electrons. The van der Waals surface area contributed by atoms with Crippen molar-refractivity contribution < 1.29 is 54.3 Å². The predicted molar refractivity (Wildman–Crippen MR) is 319 cm³/mol. The van der Waals surface area contributed by atoms with Crippen molar-refractivity contribution in [2.75, 3.05) is 30.1 Å². The van der Waals surface area contributed by atoms with Gasteiger partial charge in [0.25, 0.3) is 41.9 Å². The Kier molecular flexibility index (Phi) is 20.6. The van der Waals surface area contributed by atoms with Crippen LogP contribution in [0.15, 0.2) is 221 Å². The Bertz CT molecular complexity index is 3910. The van der Waals surface area contributed by atoms with E-state index in [2.05, 4.69) is 30.1 Å². The van der Waals surface area contributed by atoms with Crippen LogP contribution in [-0.2, 0) is 34.9 Å². The number of para-hydroxylation sites is 3. The first-order valence-electron chi connectivity index (χ1n) is 25.1. The van der Waals surface area contributed by atoms with Crippen molar-refractivity contribution in [3.8, 4) is 0 Å². The Morgan fingerprint density at radius 1 is 0.390 bits per heavy atom. The van der Waals surface area contributed by atoms with E-state index in [0.717, 1.165) is 0 Å². The molecule has 0 bridgehead atoms. The van der Waals surface area contributed by atoms with E-state index < -0.39 is 41.6 Å². The number of sulfonamides is 3. The quantitative estimate of drug-likeness (QED) is 0.0419. The first-order valence-corrected chi connectivity index (χ1v) is 29.6. The molecule has 8 aromatic rings. The molecule has 8 rings (SSSR count). The van der Waals surface area contributed by atoms with E-state index in [0.29, 0.717) is 45.0 Å². The normalized spacial score (nSPS) is 11.6. The van der Waals surface area contributed by atoms with Crippen LogP contribution in [0.3, 0.4) is 0 Å². The number of benzene rings is 8. The van der Waals surface area contributed by atoms with Gasteiger partial charge in [-0.15, -0.1) is 0 Å². The second-order valence-corrected chi connectivity index (χ2v) is 24.2. The van der Waals surface area contributed by atoms with Gasteiger partial charge < -0.3 is 21.1 Å². The van der Waals surface area contributed by atoms with Crippen molar-refractivity contribution in [1.82, 2.24) is 0 Å². The minimum absolute atomic E-state index is 0.0172. The highest BCUT2D eigenvalue weighted by Gasteiger charge is 2.23. The fourth-order valence-corrected chi connectivity index (χ4v) is 10.6. The molecule has 0 saturated heterocycles. The lowest BCUT2D eigenvalue weighted by Gasteiger charge is -2.18. The van der Waals surface area contributed by atoms with Gasteiger partial charge in [-0.3, -0.25) is 38.1 Å². The minimum atomic E-state index is -3.88. The first-order chi connectivity index (χ1) is 38.7. The highest BCUT2D eigenvalue weighted by atomic mass is 32.2. The van der Waals surface area contributed by atoms with Crippen molar-refractivity contribution in [3.05, 3.63) is 234 Å². The maximum absolute atomic E-state index is 12.7.